The lowest BCUT2D eigenvalue weighted by Crippen LogP contribution is -2.54. The largest absolute Gasteiger partial charge is 0.441 e. The van der Waals surface area contributed by atoms with E-state index in [4.69, 9.17) is 4.74 Å². The van der Waals surface area contributed by atoms with E-state index in [1.807, 2.05) is 6.92 Å². The van der Waals surface area contributed by atoms with E-state index in [1.165, 1.54) is 0 Å². The van der Waals surface area contributed by atoms with Crippen LogP contribution in [0.5, 0.6) is 0 Å². The third-order valence-corrected chi connectivity index (χ3v) is 5.77. The number of urea groups is 1. The van der Waals surface area contributed by atoms with Crippen LogP contribution in [0.1, 0.15) is 32.6 Å². The zero-order valence-corrected chi connectivity index (χ0v) is 16.0. The number of nitrogens with zero attached hydrogens (tertiary/aromatic N) is 4. The Hall–Kier alpha value is -3.30. The average Bonchev–Trinajstić information content (AvgIpc) is 2.95. The van der Waals surface area contributed by atoms with Crippen molar-refractivity contribution in [3.63, 3.8) is 0 Å². The van der Waals surface area contributed by atoms with Crippen molar-refractivity contribution in [1.82, 2.24) is 25.2 Å². The Kier molecular flexibility index (Phi) is 4.77. The number of carbonyl (C=O) groups is 3. The van der Waals surface area contributed by atoms with Gasteiger partial charge >= 0.3 is 12.0 Å². The summed E-state index contributed by atoms with van der Waals surface area (Å²) in [6.45, 7) is 0.958. The fraction of sp³-hybridized carbons (Fsp3) is 0.474. The molecule has 0 unspecified atom stereocenters. The van der Waals surface area contributed by atoms with E-state index < -0.39 is 42.3 Å². The van der Waals surface area contributed by atoms with Gasteiger partial charge in [-0.15, -0.1) is 5.10 Å². The van der Waals surface area contributed by atoms with Gasteiger partial charge in [0, 0.05) is 0 Å². The number of hydrogen-bond donors (Lipinski definition) is 1. The number of nitrogens with one attached hydrogen (secondary N) is 1. The number of amides is 3. The van der Waals surface area contributed by atoms with Crippen molar-refractivity contribution >= 4 is 28.8 Å². The van der Waals surface area contributed by atoms with Crippen molar-refractivity contribution in [2.45, 2.75) is 44.9 Å². The third kappa shape index (κ3) is 3.24. The summed E-state index contributed by atoms with van der Waals surface area (Å²) in [7, 11) is 0. The molecule has 0 radical (unpaired) electrons. The summed E-state index contributed by atoms with van der Waals surface area (Å²) in [6.07, 6.45) is 3.26. The Morgan fingerprint density at radius 1 is 1.28 bits per heavy atom. The minimum absolute atomic E-state index is 0.000159. The molecule has 1 N–H and O–H groups in total. The molecule has 2 fully saturated rings. The van der Waals surface area contributed by atoms with Crippen LogP contribution in [-0.2, 0) is 21.1 Å². The third-order valence-electron chi connectivity index (χ3n) is 5.77. The van der Waals surface area contributed by atoms with Crippen LogP contribution in [0.15, 0.2) is 29.1 Å². The van der Waals surface area contributed by atoms with Crippen molar-refractivity contribution in [1.29, 1.82) is 0 Å². The molecule has 29 heavy (non-hydrogen) atoms. The maximum absolute atomic E-state index is 12.9. The molecule has 4 rings (SSSR count). The normalized spacial score (nSPS) is 24.2. The zero-order valence-electron chi connectivity index (χ0n) is 16.0. The fourth-order valence-electron chi connectivity index (χ4n) is 4.05. The van der Waals surface area contributed by atoms with Crippen LogP contribution >= 0.6 is 0 Å². The molecule has 10 nitrogen and oxygen atoms in total. The Morgan fingerprint density at radius 3 is 2.86 bits per heavy atom. The van der Waals surface area contributed by atoms with E-state index in [-0.39, 0.29) is 5.92 Å². The van der Waals surface area contributed by atoms with Gasteiger partial charge in [-0.2, -0.15) is 4.68 Å². The molecule has 2 aliphatic rings. The summed E-state index contributed by atoms with van der Waals surface area (Å²) in [5, 5.41) is 10.8. The second-order valence-corrected chi connectivity index (χ2v) is 7.50. The number of aromatic nitrogens is 3. The SMILES string of the molecule is C[C@@H]1CCCC[C@@]12NC(=O)N(CC(=O)OCn1nnc3ccccc3c1=O)C2=O. The number of esters is 1. The van der Waals surface area contributed by atoms with Crippen molar-refractivity contribution in [2.24, 2.45) is 5.92 Å². The first-order chi connectivity index (χ1) is 13.9. The number of rotatable bonds is 4. The second-order valence-electron chi connectivity index (χ2n) is 7.50. The van der Waals surface area contributed by atoms with Gasteiger partial charge in [-0.1, -0.05) is 37.1 Å². The molecule has 1 spiro atoms. The Balaban J connectivity index is 1.43. The number of ether oxygens (including phenoxy) is 1. The molecule has 1 aromatic carbocycles. The molecule has 1 saturated heterocycles. The quantitative estimate of drug-likeness (QED) is 0.595. The number of hydrogen-bond acceptors (Lipinski definition) is 7. The van der Waals surface area contributed by atoms with Crippen LogP contribution in [0.25, 0.3) is 10.9 Å². The molecule has 10 heteroatoms. The van der Waals surface area contributed by atoms with Gasteiger partial charge in [0.1, 0.15) is 17.6 Å². The highest BCUT2D eigenvalue weighted by atomic mass is 16.5. The lowest BCUT2D eigenvalue weighted by Gasteiger charge is -2.36. The molecule has 2 atom stereocenters. The molecule has 2 aromatic rings. The molecular weight excluding hydrogens is 378 g/mol. The molecule has 1 saturated carbocycles. The minimum Gasteiger partial charge on any atom is -0.441 e. The van der Waals surface area contributed by atoms with Crippen molar-refractivity contribution in [2.75, 3.05) is 6.54 Å². The van der Waals surface area contributed by atoms with E-state index in [1.54, 1.807) is 24.3 Å². The van der Waals surface area contributed by atoms with Crippen LogP contribution in [0, 0.1) is 5.92 Å². The smallest absolute Gasteiger partial charge is 0.328 e. The summed E-state index contributed by atoms with van der Waals surface area (Å²) in [4.78, 5) is 50.7. The van der Waals surface area contributed by atoms with Crippen LogP contribution in [0.4, 0.5) is 4.79 Å². The van der Waals surface area contributed by atoms with Crippen LogP contribution in [0.3, 0.4) is 0 Å². The average molecular weight is 399 g/mol. The predicted molar refractivity (Wildman–Crippen MR) is 100 cm³/mol. The zero-order chi connectivity index (χ0) is 20.6. The van der Waals surface area contributed by atoms with E-state index in [2.05, 4.69) is 15.6 Å². The van der Waals surface area contributed by atoms with E-state index in [0.717, 1.165) is 28.8 Å². The van der Waals surface area contributed by atoms with Gasteiger partial charge in [-0.05, 0) is 30.9 Å². The van der Waals surface area contributed by atoms with Gasteiger partial charge in [0.25, 0.3) is 11.5 Å². The first-order valence-corrected chi connectivity index (χ1v) is 9.54. The molecular formula is C19H21N5O5. The Bertz CT molecular complexity index is 1050. The van der Waals surface area contributed by atoms with E-state index in [0.29, 0.717) is 17.3 Å². The van der Waals surface area contributed by atoms with Crippen LogP contribution in [-0.4, -0.2) is 49.9 Å². The monoisotopic (exact) mass is 399 g/mol. The first-order valence-electron chi connectivity index (χ1n) is 9.54. The fourth-order valence-corrected chi connectivity index (χ4v) is 4.05. The summed E-state index contributed by atoms with van der Waals surface area (Å²) >= 11 is 0. The second kappa shape index (κ2) is 7.26. The predicted octanol–water partition coefficient (Wildman–Crippen LogP) is 0.793. The number of imide groups is 1. The summed E-state index contributed by atoms with van der Waals surface area (Å²) in [5.41, 5.74) is -0.948. The summed E-state index contributed by atoms with van der Waals surface area (Å²) in [6, 6.07) is 6.09. The van der Waals surface area contributed by atoms with Crippen LogP contribution in [0.2, 0.25) is 0 Å². The van der Waals surface area contributed by atoms with E-state index in [9.17, 15) is 19.2 Å². The summed E-state index contributed by atoms with van der Waals surface area (Å²) < 4.78 is 5.98. The first kappa shape index (κ1) is 19.0. The molecule has 3 amide bonds. The molecule has 152 valence electrons. The lowest BCUT2D eigenvalue weighted by atomic mass is 9.73. The molecule has 0 bridgehead atoms. The number of benzene rings is 1. The highest BCUT2D eigenvalue weighted by molar-refractivity contribution is 6.08. The van der Waals surface area contributed by atoms with Gasteiger partial charge in [-0.25, -0.2) is 4.79 Å². The molecule has 1 aliphatic heterocycles. The molecule has 2 heterocycles. The standard InChI is InChI=1S/C19H21N5O5/c1-12-6-4-5-9-19(12)17(27)23(18(28)20-19)10-15(25)29-11-24-16(26)13-7-2-3-8-14(13)21-22-24/h2-3,7-8,12H,4-6,9-11H2,1H3,(H,20,28)/t12-,19-/m1/s1. The van der Waals surface area contributed by atoms with Gasteiger partial charge in [0.2, 0.25) is 0 Å². The van der Waals surface area contributed by atoms with Crippen molar-refractivity contribution in [3.8, 4) is 0 Å². The number of carbonyl (C=O) groups excluding carboxylic acids is 3. The van der Waals surface area contributed by atoms with Gasteiger partial charge in [0.15, 0.2) is 6.73 Å². The van der Waals surface area contributed by atoms with Gasteiger partial charge < -0.3 is 10.1 Å². The van der Waals surface area contributed by atoms with Crippen molar-refractivity contribution < 1.29 is 19.1 Å². The topological polar surface area (TPSA) is 123 Å². The Labute approximate surface area is 165 Å². The minimum atomic E-state index is -0.934. The van der Waals surface area contributed by atoms with Crippen molar-refractivity contribution in [3.05, 3.63) is 34.6 Å². The lowest BCUT2D eigenvalue weighted by molar-refractivity contribution is -0.152. The highest BCUT2D eigenvalue weighted by Crippen LogP contribution is 2.38. The Morgan fingerprint density at radius 2 is 2.07 bits per heavy atom. The van der Waals surface area contributed by atoms with E-state index >= 15 is 0 Å². The number of fused-ring (bicyclic) bond motifs is 1. The maximum atomic E-state index is 12.9. The highest BCUT2D eigenvalue weighted by Gasteiger charge is 2.55. The van der Waals surface area contributed by atoms with Gasteiger partial charge in [0.05, 0.1) is 5.39 Å². The maximum Gasteiger partial charge on any atom is 0.328 e. The molecule has 1 aromatic heterocycles. The molecule has 1 aliphatic carbocycles. The summed E-state index contributed by atoms with van der Waals surface area (Å²) in [5.74, 6) is -1.20. The van der Waals surface area contributed by atoms with Crippen LogP contribution < -0.4 is 10.9 Å². The van der Waals surface area contributed by atoms with Gasteiger partial charge in [-0.3, -0.25) is 19.3 Å².